The van der Waals surface area contributed by atoms with Gasteiger partial charge in [0, 0.05) is 5.56 Å². The molecule has 1 heterocycles. The second kappa shape index (κ2) is 9.94. The van der Waals surface area contributed by atoms with Crippen molar-refractivity contribution in [2.24, 2.45) is 0 Å². The minimum atomic E-state index is -0.323. The zero-order valence-electron chi connectivity index (χ0n) is 17.1. The third-order valence-electron chi connectivity index (χ3n) is 4.62. The first-order valence-electron chi connectivity index (χ1n) is 9.89. The Morgan fingerprint density at radius 1 is 1.16 bits per heavy atom. The first-order chi connectivity index (χ1) is 15.6. The molecule has 4 nitrogen and oxygen atoms in total. The van der Waals surface area contributed by atoms with Crippen LogP contribution in [0.5, 0.6) is 11.5 Å². The van der Waals surface area contributed by atoms with Gasteiger partial charge >= 0.3 is 0 Å². The van der Waals surface area contributed by atoms with E-state index in [1.54, 1.807) is 30.3 Å². The number of thiazole rings is 1. The van der Waals surface area contributed by atoms with Crippen molar-refractivity contribution < 1.29 is 13.9 Å². The second-order valence-corrected chi connectivity index (χ2v) is 8.68. The molecule has 4 rings (SSSR count). The molecule has 0 aliphatic carbocycles. The fourth-order valence-electron chi connectivity index (χ4n) is 3.14. The van der Waals surface area contributed by atoms with E-state index < -0.39 is 0 Å². The van der Waals surface area contributed by atoms with Crippen LogP contribution in [-0.4, -0.2) is 11.6 Å². The number of para-hydroxylation sites is 1. The molecule has 0 fully saturated rings. The van der Waals surface area contributed by atoms with Gasteiger partial charge in [-0.3, -0.25) is 0 Å². The molecule has 4 aromatic rings. The van der Waals surface area contributed by atoms with Gasteiger partial charge in [0.05, 0.1) is 26.9 Å². The second-order valence-electron chi connectivity index (χ2n) is 6.80. The van der Waals surface area contributed by atoms with Gasteiger partial charge in [-0.1, -0.05) is 30.3 Å². The summed E-state index contributed by atoms with van der Waals surface area (Å²) in [5, 5.41) is 10.4. The van der Waals surface area contributed by atoms with Crippen molar-refractivity contribution in [1.82, 2.24) is 4.98 Å². The predicted octanol–water partition coefficient (Wildman–Crippen LogP) is 7.24. The highest BCUT2D eigenvalue weighted by molar-refractivity contribution is 9.10. The predicted molar refractivity (Wildman–Crippen MR) is 129 cm³/mol. The molecule has 0 spiro atoms. The van der Waals surface area contributed by atoms with E-state index in [2.05, 4.69) is 27.0 Å². The van der Waals surface area contributed by atoms with Gasteiger partial charge in [-0.2, -0.15) is 5.26 Å². The van der Waals surface area contributed by atoms with E-state index in [4.69, 9.17) is 9.47 Å². The fourth-order valence-corrected chi connectivity index (χ4v) is 4.64. The van der Waals surface area contributed by atoms with Crippen LogP contribution in [0.2, 0.25) is 0 Å². The highest BCUT2D eigenvalue weighted by atomic mass is 79.9. The fraction of sp³-hybridized carbons (Fsp3) is 0.120. The molecule has 160 valence electrons. The van der Waals surface area contributed by atoms with E-state index in [0.29, 0.717) is 38.7 Å². The smallest absolute Gasteiger partial charge is 0.175 e. The van der Waals surface area contributed by atoms with Crippen LogP contribution in [0.1, 0.15) is 23.1 Å². The van der Waals surface area contributed by atoms with Crippen molar-refractivity contribution in [1.29, 1.82) is 5.26 Å². The Hall–Kier alpha value is -3.21. The molecule has 1 aromatic heterocycles. The summed E-state index contributed by atoms with van der Waals surface area (Å²) in [4.78, 5) is 4.57. The Morgan fingerprint density at radius 2 is 1.94 bits per heavy atom. The minimum absolute atomic E-state index is 0.0652. The maximum Gasteiger partial charge on any atom is 0.175 e. The Bertz CT molecular complexity index is 1310. The van der Waals surface area contributed by atoms with Crippen molar-refractivity contribution in [3.8, 4) is 17.6 Å². The summed E-state index contributed by atoms with van der Waals surface area (Å²) in [7, 11) is 0. The van der Waals surface area contributed by atoms with E-state index in [1.807, 2.05) is 37.3 Å². The Balaban J connectivity index is 1.67. The molecule has 0 unspecified atom stereocenters. The number of nitriles is 1. The number of ether oxygens (including phenoxy) is 2. The van der Waals surface area contributed by atoms with Crippen LogP contribution in [-0.2, 0) is 6.61 Å². The molecule has 0 saturated carbocycles. The molecule has 32 heavy (non-hydrogen) atoms. The van der Waals surface area contributed by atoms with Crippen LogP contribution in [0, 0.1) is 17.1 Å². The number of allylic oxidation sites excluding steroid dienone is 1. The topological polar surface area (TPSA) is 55.1 Å². The molecular weight excluding hydrogens is 491 g/mol. The summed E-state index contributed by atoms with van der Waals surface area (Å²) in [6.07, 6.45) is 1.77. The number of fused-ring (bicyclic) bond motifs is 1. The highest BCUT2D eigenvalue weighted by Gasteiger charge is 2.15. The normalized spacial score (nSPS) is 11.4. The number of benzene rings is 3. The molecule has 0 N–H and O–H groups in total. The SMILES string of the molecule is CCOc1cc(/C=C(\C#N)c2nc3ccccc3s2)cc(Br)c1OCc1ccccc1F. The quantitative estimate of drug-likeness (QED) is 0.247. The number of rotatable bonds is 7. The first kappa shape index (κ1) is 22.0. The van der Waals surface area contributed by atoms with Gasteiger partial charge in [-0.25, -0.2) is 9.37 Å². The standard InChI is InChI=1S/C25H18BrFN2O2S/c1-2-30-22-13-16(11-18(14-28)25-29-21-9-5-6-10-23(21)32-25)12-19(26)24(22)31-15-17-7-3-4-8-20(17)27/h3-13H,2,15H2,1H3/b18-11+. The molecular formula is C25H18BrFN2O2S. The van der Waals surface area contributed by atoms with Crippen molar-refractivity contribution in [2.45, 2.75) is 13.5 Å². The average molecular weight is 509 g/mol. The van der Waals surface area contributed by atoms with Crippen molar-refractivity contribution in [2.75, 3.05) is 6.61 Å². The number of nitrogens with zero attached hydrogens (tertiary/aromatic N) is 2. The zero-order valence-corrected chi connectivity index (χ0v) is 19.5. The monoisotopic (exact) mass is 508 g/mol. The lowest BCUT2D eigenvalue weighted by molar-refractivity contribution is 0.264. The van der Waals surface area contributed by atoms with Gasteiger partial charge in [-0.05, 0) is 64.8 Å². The highest BCUT2D eigenvalue weighted by Crippen LogP contribution is 2.39. The molecule has 0 bridgehead atoms. The molecule has 7 heteroatoms. The lowest BCUT2D eigenvalue weighted by Gasteiger charge is -2.15. The zero-order chi connectivity index (χ0) is 22.5. The van der Waals surface area contributed by atoms with Crippen LogP contribution in [0.3, 0.4) is 0 Å². The molecule has 0 amide bonds. The van der Waals surface area contributed by atoms with E-state index in [1.165, 1.54) is 17.4 Å². The Labute approximate surface area is 197 Å². The number of halogens is 2. The van der Waals surface area contributed by atoms with E-state index in [-0.39, 0.29) is 12.4 Å². The molecule has 0 radical (unpaired) electrons. The van der Waals surface area contributed by atoms with Crippen LogP contribution in [0.15, 0.2) is 65.1 Å². The lowest BCUT2D eigenvalue weighted by Crippen LogP contribution is -2.02. The Kier molecular flexibility index (Phi) is 6.84. The average Bonchev–Trinajstić information content (AvgIpc) is 3.22. The van der Waals surface area contributed by atoms with E-state index >= 15 is 0 Å². The molecule has 0 aliphatic rings. The van der Waals surface area contributed by atoms with Gasteiger partial charge in [0.2, 0.25) is 0 Å². The van der Waals surface area contributed by atoms with Crippen molar-refractivity contribution in [3.05, 3.63) is 87.1 Å². The third-order valence-corrected chi connectivity index (χ3v) is 6.28. The molecule has 0 saturated heterocycles. The van der Waals surface area contributed by atoms with Crippen LogP contribution in [0.4, 0.5) is 4.39 Å². The minimum Gasteiger partial charge on any atom is -0.490 e. The van der Waals surface area contributed by atoms with Gasteiger partial charge in [-0.15, -0.1) is 11.3 Å². The van der Waals surface area contributed by atoms with Crippen molar-refractivity contribution >= 4 is 49.1 Å². The van der Waals surface area contributed by atoms with Gasteiger partial charge in [0.1, 0.15) is 23.5 Å². The lowest BCUT2D eigenvalue weighted by atomic mass is 10.1. The summed E-state index contributed by atoms with van der Waals surface area (Å²) in [5.74, 6) is 0.660. The maximum atomic E-state index is 14.0. The number of hydrogen-bond acceptors (Lipinski definition) is 5. The third kappa shape index (κ3) is 4.82. The summed E-state index contributed by atoms with van der Waals surface area (Å²) >= 11 is 5.01. The van der Waals surface area contributed by atoms with Crippen LogP contribution >= 0.6 is 27.3 Å². The maximum absolute atomic E-state index is 14.0. The summed E-state index contributed by atoms with van der Waals surface area (Å²) in [6, 6.07) is 20.1. The number of hydrogen-bond donors (Lipinski definition) is 0. The molecule has 3 aromatic carbocycles. The van der Waals surface area contributed by atoms with Crippen molar-refractivity contribution in [3.63, 3.8) is 0 Å². The van der Waals surface area contributed by atoms with Crippen LogP contribution in [0.25, 0.3) is 21.9 Å². The van der Waals surface area contributed by atoms with Gasteiger partial charge < -0.3 is 9.47 Å². The summed E-state index contributed by atoms with van der Waals surface area (Å²) < 4.78 is 27.3. The van der Waals surface area contributed by atoms with Gasteiger partial charge in [0.15, 0.2) is 11.5 Å². The first-order valence-corrected chi connectivity index (χ1v) is 11.5. The van der Waals surface area contributed by atoms with Gasteiger partial charge in [0.25, 0.3) is 0 Å². The molecule has 0 atom stereocenters. The van der Waals surface area contributed by atoms with Crippen LogP contribution < -0.4 is 9.47 Å². The number of aromatic nitrogens is 1. The summed E-state index contributed by atoms with van der Waals surface area (Å²) in [6.45, 7) is 2.37. The van der Waals surface area contributed by atoms with E-state index in [0.717, 1.165) is 15.8 Å². The molecule has 0 aliphatic heterocycles. The largest absolute Gasteiger partial charge is 0.490 e. The van der Waals surface area contributed by atoms with E-state index in [9.17, 15) is 9.65 Å². The Morgan fingerprint density at radius 3 is 2.69 bits per heavy atom. The summed E-state index contributed by atoms with van der Waals surface area (Å²) in [5.41, 5.74) is 2.53.